The van der Waals surface area contributed by atoms with Gasteiger partial charge in [0.1, 0.15) is 40.4 Å². The third kappa shape index (κ3) is 25.2. The van der Waals surface area contributed by atoms with E-state index in [1.165, 1.54) is 66.8 Å². The van der Waals surface area contributed by atoms with E-state index in [9.17, 15) is 89.4 Å². The molecule has 3 aromatic heterocycles. The van der Waals surface area contributed by atoms with Gasteiger partial charge in [-0.25, -0.2) is 42.7 Å². The van der Waals surface area contributed by atoms with Crippen LogP contribution in [-0.4, -0.2) is 227 Å². The van der Waals surface area contributed by atoms with Crippen LogP contribution in [0.1, 0.15) is 80.9 Å². The minimum Gasteiger partial charge on any atom is -0.481 e. The number of imide groups is 1. The molecule has 9 rings (SSSR count). The van der Waals surface area contributed by atoms with Gasteiger partial charge < -0.3 is 72.1 Å². The predicted molar refractivity (Wildman–Crippen MR) is 444 cm³/mol. The molecule has 1 aliphatic carbocycles. The first kappa shape index (κ1) is 91.7. The number of fused-ring (bicyclic) bond motifs is 3. The molecule has 7 amide bonds. The maximum atomic E-state index is 13.7. The number of carbonyl (C=O) groups is 10. The molecule has 0 saturated carbocycles. The van der Waals surface area contributed by atoms with Crippen molar-refractivity contribution in [3.63, 3.8) is 0 Å². The summed E-state index contributed by atoms with van der Waals surface area (Å²) in [4.78, 5) is 172. The van der Waals surface area contributed by atoms with Crippen molar-refractivity contribution in [1.29, 1.82) is 0 Å². The van der Waals surface area contributed by atoms with Crippen LogP contribution in [0.3, 0.4) is 0 Å². The number of H-pyrrole nitrogens is 1. The zero-order chi connectivity index (χ0) is 86.8. The first-order valence-electron chi connectivity index (χ1n) is 37.5. The lowest BCUT2D eigenvalue weighted by atomic mass is 9.93. The Balaban J connectivity index is 0.679. The van der Waals surface area contributed by atoms with Gasteiger partial charge in [-0.1, -0.05) is 17.8 Å². The molecule has 119 heavy (non-hydrogen) atoms. The van der Waals surface area contributed by atoms with Crippen molar-refractivity contribution in [2.75, 3.05) is 66.3 Å². The van der Waals surface area contributed by atoms with Crippen LogP contribution in [0.4, 0.5) is 17.3 Å². The van der Waals surface area contributed by atoms with Crippen LogP contribution in [-0.2, 0) is 80.5 Å². The SMILES string of the molecule is CC/N=c1\ccc2c(-c3ccc(S(=O)(=O)NCCNC(=O)CCC[Si](C)(C)O[Si](C)(C)CSc4ncc(CN5C(=O)CC(SC[C@H](NC(=O)[C@H](CN)NC(=O)[C@H](CC(=O)O)NC(=O)CC[C@H](NC(=O)c6ccc(NCc7cnc8nc(N)[nH]c(=O)c8n7)cc6)C(=O)O)C(=O)O)C5=O)cn4)cc3S(=O)(=O)O)c3ccc(N(CC)CC)cc3oc-2c1. The summed E-state index contributed by atoms with van der Waals surface area (Å²) < 4.78 is 80.1. The zero-order valence-corrected chi connectivity index (χ0v) is 71.0. The summed E-state index contributed by atoms with van der Waals surface area (Å²) in [6.45, 7) is 14.9. The Kier molecular flexibility index (Phi) is 31.2. The number of nitrogens with zero attached hydrogens (tertiary/aromatic N) is 8. The minimum atomic E-state index is -5.04. The molecule has 45 heteroatoms. The molecule has 6 aromatic rings. The first-order chi connectivity index (χ1) is 56.3. The molecule has 5 heterocycles. The summed E-state index contributed by atoms with van der Waals surface area (Å²) in [6.07, 6.45) is 2.33. The number of carbonyl (C=O) groups excluding carboxylic acids is 7. The summed E-state index contributed by atoms with van der Waals surface area (Å²) in [6, 6.07) is 13.6. The van der Waals surface area contributed by atoms with Crippen molar-refractivity contribution in [2.24, 2.45) is 10.7 Å². The van der Waals surface area contributed by atoms with E-state index in [-0.39, 0.29) is 73.2 Å². The summed E-state index contributed by atoms with van der Waals surface area (Å²) in [5.74, 6) is -10.7. The lowest BCUT2D eigenvalue weighted by Gasteiger charge is -2.33. The summed E-state index contributed by atoms with van der Waals surface area (Å²) in [5, 5.41) is 45.3. The molecule has 5 atom stereocenters. The molecule has 2 aliphatic heterocycles. The highest BCUT2D eigenvalue weighted by Crippen LogP contribution is 2.44. The van der Waals surface area contributed by atoms with Gasteiger partial charge in [0.25, 0.3) is 21.6 Å². The highest BCUT2D eigenvalue weighted by atomic mass is 32.2. The number of nitrogens with one attached hydrogen (secondary N) is 8. The van der Waals surface area contributed by atoms with Crippen molar-refractivity contribution in [2.45, 2.75) is 149 Å². The van der Waals surface area contributed by atoms with E-state index < -0.39 is 166 Å². The Bertz CT molecular complexity index is 5490. The fourth-order valence-electron chi connectivity index (χ4n) is 12.8. The number of aliphatic carboxylic acids is 3. The number of benzene rings is 4. The number of aromatic amines is 1. The highest BCUT2D eigenvalue weighted by Gasteiger charge is 2.41. The van der Waals surface area contributed by atoms with Crippen molar-refractivity contribution in [3.8, 4) is 22.5 Å². The minimum absolute atomic E-state index is 0.0235. The molecule has 636 valence electrons. The van der Waals surface area contributed by atoms with Crippen molar-refractivity contribution >= 4 is 159 Å². The van der Waals surface area contributed by atoms with Crippen LogP contribution in [0.15, 0.2) is 127 Å². The summed E-state index contributed by atoms with van der Waals surface area (Å²) >= 11 is 2.12. The number of sulfonamides is 1. The third-order valence-corrected chi connectivity index (χ3v) is 32.0. The second-order valence-electron chi connectivity index (χ2n) is 28.6. The van der Waals surface area contributed by atoms with E-state index in [2.05, 4.69) is 76.4 Å². The normalized spacial score (nSPS) is 14.5. The maximum Gasteiger partial charge on any atom is 0.327 e. The molecule has 1 fully saturated rings. The number of anilines is 3. The maximum absolute atomic E-state index is 13.7. The average Bonchev–Trinajstić information content (AvgIpc) is 0.888. The van der Waals surface area contributed by atoms with Gasteiger partial charge in [0.2, 0.25) is 51.4 Å². The fourth-order valence-corrected chi connectivity index (χ4v) is 26.2. The van der Waals surface area contributed by atoms with E-state index in [1.807, 2.05) is 59.1 Å². The molecule has 3 aromatic carbocycles. The number of thioether (sulfide) groups is 2. The van der Waals surface area contributed by atoms with Gasteiger partial charge in [0.15, 0.2) is 33.0 Å². The van der Waals surface area contributed by atoms with Crippen molar-refractivity contribution in [3.05, 3.63) is 130 Å². The smallest absolute Gasteiger partial charge is 0.327 e. The van der Waals surface area contributed by atoms with Gasteiger partial charge in [0.05, 0.1) is 46.9 Å². The van der Waals surface area contributed by atoms with Crippen LogP contribution >= 0.6 is 23.5 Å². The topological polar surface area (TPSA) is 595 Å². The number of aromatic nitrogens is 6. The first-order valence-corrected chi connectivity index (χ1v) is 48.6. The van der Waals surface area contributed by atoms with Gasteiger partial charge in [0, 0.05) is 139 Å². The molecule has 1 unspecified atom stereocenters. The van der Waals surface area contributed by atoms with Gasteiger partial charge in [-0.3, -0.25) is 62.6 Å². The second kappa shape index (κ2) is 40.5. The number of nitrogen functional groups attached to an aromatic ring is 1. The number of hydrogen-bond acceptors (Lipinski definition) is 29. The number of amides is 7. The Morgan fingerprint density at radius 1 is 0.773 bits per heavy atom. The van der Waals surface area contributed by atoms with E-state index in [1.54, 1.807) is 24.3 Å². The average molecular weight is 1750 g/mol. The Labute approximate surface area is 692 Å². The highest BCUT2D eigenvalue weighted by molar-refractivity contribution is 8.01. The van der Waals surface area contributed by atoms with Crippen LogP contribution in [0, 0.1) is 0 Å². The molecule has 3 aliphatic rings. The van der Waals surface area contributed by atoms with Crippen molar-refractivity contribution in [1.82, 2.24) is 66.1 Å². The Morgan fingerprint density at radius 3 is 2.13 bits per heavy atom. The van der Waals surface area contributed by atoms with E-state index in [0.717, 1.165) is 28.4 Å². The molecule has 39 nitrogen and oxygen atoms in total. The van der Waals surface area contributed by atoms with Gasteiger partial charge in [-0.15, -0.1) is 11.8 Å². The van der Waals surface area contributed by atoms with Crippen LogP contribution in [0.25, 0.3) is 44.6 Å². The number of hydrogen-bond donors (Lipinski definition) is 14. The van der Waals surface area contributed by atoms with Crippen LogP contribution in [0.2, 0.25) is 32.2 Å². The Morgan fingerprint density at radius 2 is 1.46 bits per heavy atom. The lowest BCUT2D eigenvalue weighted by Crippen LogP contribution is -2.58. The largest absolute Gasteiger partial charge is 0.481 e. The molecular formula is C74H92N18O21S4Si2. The number of carboxylic acid groups (broad SMARTS) is 3. The molecule has 16 N–H and O–H groups in total. The van der Waals surface area contributed by atoms with E-state index in [0.29, 0.717) is 92.8 Å². The number of nitrogens with two attached hydrogens (primary N) is 2. The fraction of sp³-hybridized carbons (Fsp3) is 0.392. The molecule has 1 saturated heterocycles. The molecule has 0 bridgehead atoms. The number of rotatable bonds is 43. The van der Waals surface area contributed by atoms with Gasteiger partial charge in [-0.05, 0) is 127 Å². The number of carboxylic acids is 3. The van der Waals surface area contributed by atoms with Crippen molar-refractivity contribution < 1.29 is 93.2 Å². The molecular weight excluding hydrogens is 1660 g/mol. The summed E-state index contributed by atoms with van der Waals surface area (Å²) in [5.41, 5.74) is 14.3. The van der Waals surface area contributed by atoms with Crippen LogP contribution < -0.4 is 63.9 Å². The van der Waals surface area contributed by atoms with Gasteiger partial charge in [-0.2, -0.15) is 13.4 Å². The predicted octanol–water partition coefficient (Wildman–Crippen LogP) is 3.16. The summed E-state index contributed by atoms with van der Waals surface area (Å²) in [7, 11) is -14.2. The Hall–Kier alpha value is -11.2. The van der Waals surface area contributed by atoms with E-state index in [4.69, 9.17) is 20.0 Å². The second-order valence-corrected chi connectivity index (χ2v) is 43.1. The van der Waals surface area contributed by atoms with Crippen LogP contribution in [0.5, 0.6) is 0 Å². The van der Waals surface area contributed by atoms with Gasteiger partial charge >= 0.3 is 17.9 Å². The number of likely N-dealkylation sites (tertiary alicyclic amines) is 1. The molecule has 0 radical (unpaired) electrons. The molecule has 0 spiro atoms. The standard InChI is InChI=1S/C74H92N18O21S4Si2/c1-8-77-44-17-20-48-55(28-44)112-56-29-46(91(9-2)10-3)18-21-49(56)63(48)50-22-19-47(30-58(50)117(109,110)111)116(107,108)83-26-25-78-59(93)12-11-27-118(4,5)113-119(6,7)40-115-74-81-34-41(35-82-74)38-92-61(95)32-57(70(92)102)114-39-54(72(105)106)88-68(100)53(33-75)87-67(99)52(31-62(96)97)85-60(94)24-23-51(71(103)104)86-66(98)42-13-15-43(16-14-42)79-36-45-37-80-65-64(84-45)69(101)90-73(76)89-65/h13-22,28-30,34-35,37,51-54,57,79,83H,8-12,23-27,31-33,36,38-40,75H2,1-7H3,(H,78,93)(H,85,94)(H,86,98)(H,87,99)(H,88,100)(H,96,97)(H,103,104)(H,105,106)(H,109,110,111)(H3,76,80,89,90,101)/b77-44+/t51-,52-,53-,54-,57?/m0/s1. The monoisotopic (exact) mass is 1750 g/mol. The zero-order valence-electron chi connectivity index (χ0n) is 65.7. The lowest BCUT2D eigenvalue weighted by molar-refractivity contribution is -0.142. The quantitative estimate of drug-likeness (QED) is 0.00496. The van der Waals surface area contributed by atoms with E-state index >= 15 is 0 Å². The third-order valence-electron chi connectivity index (χ3n) is 18.6.